The smallest absolute Gasteiger partial charge is 0.337 e. The molecule has 0 spiro atoms. The van der Waals surface area contributed by atoms with Crippen molar-refractivity contribution in [1.82, 2.24) is 0 Å². The van der Waals surface area contributed by atoms with Crippen molar-refractivity contribution in [2.45, 2.75) is 26.6 Å². The van der Waals surface area contributed by atoms with Gasteiger partial charge in [-0.05, 0) is 31.5 Å². The van der Waals surface area contributed by atoms with Gasteiger partial charge in [0.05, 0.1) is 23.3 Å². The lowest BCUT2D eigenvalue weighted by Crippen LogP contribution is -2.03. The fourth-order valence-electron chi connectivity index (χ4n) is 1.08. The lowest BCUT2D eigenvalue weighted by molar-refractivity contribution is 0.0653. The molecule has 1 aromatic carbocycles. The molecule has 0 saturated heterocycles. The van der Waals surface area contributed by atoms with Crippen molar-refractivity contribution in [3.05, 3.63) is 34.3 Å². The minimum Gasteiger partial charge on any atom is -0.478 e. The van der Waals surface area contributed by atoms with Gasteiger partial charge >= 0.3 is 5.97 Å². The summed E-state index contributed by atoms with van der Waals surface area (Å²) in [7, 11) is 0. The Hall–Kier alpha value is -1.06. The highest BCUT2D eigenvalue weighted by Crippen LogP contribution is 2.18. The fraction of sp³-hybridized carbons (Fsp3) is 0.364. The molecule has 0 bridgehead atoms. The molecule has 0 aliphatic heterocycles. The molecule has 82 valence electrons. The molecule has 1 rings (SSSR count). The number of benzene rings is 1. The summed E-state index contributed by atoms with van der Waals surface area (Å²) < 4.78 is 5.38. The Morgan fingerprint density at radius 3 is 2.67 bits per heavy atom. The maximum atomic E-state index is 10.7. The number of halogens is 1. The van der Waals surface area contributed by atoms with Crippen molar-refractivity contribution in [2.24, 2.45) is 0 Å². The lowest BCUT2D eigenvalue weighted by Gasteiger charge is -2.08. The van der Waals surface area contributed by atoms with Crippen LogP contribution in [0.25, 0.3) is 0 Å². The summed E-state index contributed by atoms with van der Waals surface area (Å²) in [4.78, 5) is 10.7. The molecule has 0 aliphatic carbocycles. The van der Waals surface area contributed by atoms with Gasteiger partial charge in [0, 0.05) is 0 Å². The van der Waals surface area contributed by atoms with Gasteiger partial charge in [0.15, 0.2) is 0 Å². The fourth-order valence-corrected chi connectivity index (χ4v) is 1.37. The first-order valence-corrected chi connectivity index (χ1v) is 5.02. The number of hydrogen-bond acceptors (Lipinski definition) is 2. The van der Waals surface area contributed by atoms with E-state index in [1.807, 2.05) is 13.8 Å². The maximum Gasteiger partial charge on any atom is 0.337 e. The summed E-state index contributed by atoms with van der Waals surface area (Å²) in [5.41, 5.74) is 0.990. The summed E-state index contributed by atoms with van der Waals surface area (Å²) in [6.45, 7) is 4.32. The van der Waals surface area contributed by atoms with E-state index < -0.39 is 5.97 Å². The number of ether oxygens (including phenoxy) is 1. The Balaban J connectivity index is 2.78. The predicted octanol–water partition coefficient (Wildman–Crippen LogP) is 2.96. The number of rotatable bonds is 4. The van der Waals surface area contributed by atoms with Gasteiger partial charge in [-0.2, -0.15) is 0 Å². The van der Waals surface area contributed by atoms with Gasteiger partial charge in [-0.3, -0.25) is 0 Å². The Labute approximate surface area is 93.6 Å². The van der Waals surface area contributed by atoms with Crippen molar-refractivity contribution in [2.75, 3.05) is 0 Å². The number of carboxylic acid groups (broad SMARTS) is 1. The molecule has 1 aromatic rings. The average molecular weight is 229 g/mol. The summed E-state index contributed by atoms with van der Waals surface area (Å²) in [5, 5.41) is 9.00. The molecule has 0 fully saturated rings. The lowest BCUT2D eigenvalue weighted by atomic mass is 10.1. The third-order valence-corrected chi connectivity index (χ3v) is 2.16. The highest BCUT2D eigenvalue weighted by molar-refractivity contribution is 6.33. The van der Waals surface area contributed by atoms with Crippen LogP contribution < -0.4 is 0 Å². The minimum absolute atomic E-state index is 0.116. The molecule has 0 aliphatic rings. The van der Waals surface area contributed by atoms with Crippen LogP contribution in [0.5, 0.6) is 0 Å². The van der Waals surface area contributed by atoms with Crippen molar-refractivity contribution in [3.8, 4) is 0 Å². The van der Waals surface area contributed by atoms with Crippen molar-refractivity contribution in [3.63, 3.8) is 0 Å². The number of hydrogen-bond donors (Lipinski definition) is 1. The average Bonchev–Trinajstić information content (AvgIpc) is 2.14. The quantitative estimate of drug-likeness (QED) is 0.862. The Kier molecular flexibility index (Phi) is 4.12. The largest absolute Gasteiger partial charge is 0.478 e. The minimum atomic E-state index is -1.02. The second-order valence-corrected chi connectivity index (χ2v) is 3.89. The number of carboxylic acids is 1. The molecule has 15 heavy (non-hydrogen) atoms. The highest BCUT2D eigenvalue weighted by Gasteiger charge is 2.08. The summed E-state index contributed by atoms with van der Waals surface area (Å²) in [6, 6.07) is 4.81. The van der Waals surface area contributed by atoms with Gasteiger partial charge in [-0.15, -0.1) is 0 Å². The van der Waals surface area contributed by atoms with Crippen LogP contribution in [-0.4, -0.2) is 17.2 Å². The summed E-state index contributed by atoms with van der Waals surface area (Å²) >= 11 is 5.80. The van der Waals surface area contributed by atoms with E-state index in [0.717, 1.165) is 5.56 Å². The van der Waals surface area contributed by atoms with E-state index in [-0.39, 0.29) is 16.7 Å². The van der Waals surface area contributed by atoms with E-state index in [1.54, 1.807) is 12.1 Å². The topological polar surface area (TPSA) is 46.5 Å². The third kappa shape index (κ3) is 3.53. The number of aromatic carboxylic acids is 1. The van der Waals surface area contributed by atoms with Crippen molar-refractivity contribution >= 4 is 17.6 Å². The first-order valence-electron chi connectivity index (χ1n) is 4.64. The van der Waals surface area contributed by atoms with Gasteiger partial charge in [-0.25, -0.2) is 4.79 Å². The Morgan fingerprint density at radius 2 is 2.20 bits per heavy atom. The van der Waals surface area contributed by atoms with Crippen LogP contribution in [0.4, 0.5) is 0 Å². The normalized spacial score (nSPS) is 10.7. The molecule has 0 heterocycles. The molecule has 3 nitrogen and oxygen atoms in total. The maximum absolute atomic E-state index is 10.7. The molecule has 0 radical (unpaired) electrons. The second kappa shape index (κ2) is 5.14. The molecule has 1 N–H and O–H groups in total. The molecule has 0 unspecified atom stereocenters. The Bertz CT molecular complexity index is 361. The van der Waals surface area contributed by atoms with E-state index in [4.69, 9.17) is 21.4 Å². The van der Waals surface area contributed by atoms with Gasteiger partial charge < -0.3 is 9.84 Å². The monoisotopic (exact) mass is 228 g/mol. The van der Waals surface area contributed by atoms with Crippen molar-refractivity contribution in [1.29, 1.82) is 0 Å². The standard InChI is InChI=1S/C11H13ClO3/c1-7(2)15-6-8-3-4-9(11(13)14)10(12)5-8/h3-5,7H,6H2,1-2H3,(H,13,14). The molecule has 4 heteroatoms. The zero-order chi connectivity index (χ0) is 11.4. The van der Waals surface area contributed by atoms with Gasteiger partial charge in [-0.1, -0.05) is 17.7 Å². The summed E-state index contributed by atoms with van der Waals surface area (Å²) in [5.74, 6) is -1.02. The molecule has 0 amide bonds. The number of carbonyl (C=O) groups is 1. The molecular formula is C11H13ClO3. The molecular weight excluding hydrogens is 216 g/mol. The van der Waals surface area contributed by atoms with Crippen LogP contribution in [0.2, 0.25) is 5.02 Å². The van der Waals surface area contributed by atoms with Crippen LogP contribution in [0, 0.1) is 0 Å². The van der Waals surface area contributed by atoms with Gasteiger partial charge in [0.2, 0.25) is 0 Å². The second-order valence-electron chi connectivity index (χ2n) is 3.48. The molecule has 0 aromatic heterocycles. The summed E-state index contributed by atoms with van der Waals surface area (Å²) in [6.07, 6.45) is 0.142. The first kappa shape index (κ1) is 12.0. The van der Waals surface area contributed by atoms with Crippen molar-refractivity contribution < 1.29 is 14.6 Å². The predicted molar refractivity (Wildman–Crippen MR) is 58.3 cm³/mol. The van der Waals surface area contributed by atoms with Gasteiger partial charge in [0.1, 0.15) is 0 Å². The van der Waals surface area contributed by atoms with E-state index in [1.165, 1.54) is 6.07 Å². The van der Waals surface area contributed by atoms with Crippen LogP contribution in [-0.2, 0) is 11.3 Å². The van der Waals surface area contributed by atoms with Crippen LogP contribution in [0.15, 0.2) is 18.2 Å². The zero-order valence-electron chi connectivity index (χ0n) is 8.66. The van der Waals surface area contributed by atoms with E-state index in [9.17, 15) is 4.79 Å². The molecule has 0 atom stereocenters. The third-order valence-electron chi connectivity index (χ3n) is 1.85. The van der Waals surface area contributed by atoms with Crippen LogP contribution >= 0.6 is 11.6 Å². The highest BCUT2D eigenvalue weighted by atomic mass is 35.5. The van der Waals surface area contributed by atoms with E-state index >= 15 is 0 Å². The van der Waals surface area contributed by atoms with E-state index in [2.05, 4.69) is 0 Å². The SMILES string of the molecule is CC(C)OCc1ccc(C(=O)O)c(Cl)c1. The van der Waals surface area contributed by atoms with Crippen LogP contribution in [0.1, 0.15) is 29.8 Å². The molecule has 0 saturated carbocycles. The Morgan fingerprint density at radius 1 is 1.53 bits per heavy atom. The van der Waals surface area contributed by atoms with E-state index in [0.29, 0.717) is 6.61 Å². The van der Waals surface area contributed by atoms with Gasteiger partial charge in [0.25, 0.3) is 0 Å². The zero-order valence-corrected chi connectivity index (χ0v) is 9.41. The first-order chi connectivity index (χ1) is 7.00. The van der Waals surface area contributed by atoms with Crippen LogP contribution in [0.3, 0.4) is 0 Å².